The number of nitrogens with one attached hydrogen (secondary N) is 1. The molecule has 1 saturated heterocycles. The predicted octanol–water partition coefficient (Wildman–Crippen LogP) is 1.30. The summed E-state index contributed by atoms with van der Waals surface area (Å²) in [5, 5.41) is 12.3. The van der Waals surface area contributed by atoms with Gasteiger partial charge in [0.05, 0.1) is 6.07 Å². The van der Waals surface area contributed by atoms with Crippen LogP contribution < -0.4 is 5.32 Å². The Kier molecular flexibility index (Phi) is 3.05. The fourth-order valence-corrected chi connectivity index (χ4v) is 2.10. The Bertz CT molecular complexity index is 236. The summed E-state index contributed by atoms with van der Waals surface area (Å²) in [6.07, 6.45) is 3.28. The molecule has 1 N–H and O–H groups in total. The lowest BCUT2D eigenvalue weighted by atomic mass is 10.0. The smallest absolute Gasteiger partial charge is 0.159 e. The minimum atomic E-state index is -0.224. The number of nitrogens with zero attached hydrogens (tertiary/aromatic N) is 1. The van der Waals surface area contributed by atoms with Gasteiger partial charge in [0.1, 0.15) is 0 Å². The van der Waals surface area contributed by atoms with E-state index in [0.717, 1.165) is 37.8 Å². The van der Waals surface area contributed by atoms with Gasteiger partial charge in [0.15, 0.2) is 6.10 Å². The molecule has 0 amide bonds. The van der Waals surface area contributed by atoms with Crippen LogP contribution in [0.1, 0.15) is 26.2 Å². The fraction of sp³-hybridized carbons (Fsp3) is 0.909. The molecule has 2 aliphatic rings. The van der Waals surface area contributed by atoms with E-state index in [2.05, 4.69) is 18.3 Å². The van der Waals surface area contributed by atoms with Crippen molar-refractivity contribution in [3.05, 3.63) is 0 Å². The maximum atomic E-state index is 8.88. The third-order valence-electron chi connectivity index (χ3n) is 3.37. The molecule has 4 atom stereocenters. The van der Waals surface area contributed by atoms with E-state index in [1.165, 1.54) is 6.42 Å². The summed E-state index contributed by atoms with van der Waals surface area (Å²) < 4.78 is 5.40. The third-order valence-corrected chi connectivity index (χ3v) is 3.37. The molecule has 78 valence electrons. The van der Waals surface area contributed by atoms with Crippen molar-refractivity contribution in [3.8, 4) is 6.07 Å². The number of rotatable bonds is 3. The van der Waals surface area contributed by atoms with E-state index in [4.69, 9.17) is 10.00 Å². The molecule has 0 bridgehead atoms. The predicted molar refractivity (Wildman–Crippen MR) is 53.6 cm³/mol. The van der Waals surface area contributed by atoms with Crippen LogP contribution in [0.15, 0.2) is 0 Å². The van der Waals surface area contributed by atoms with Gasteiger partial charge < -0.3 is 10.1 Å². The summed E-state index contributed by atoms with van der Waals surface area (Å²) in [5.41, 5.74) is 0. The molecule has 4 unspecified atom stereocenters. The van der Waals surface area contributed by atoms with Crippen molar-refractivity contribution in [2.75, 3.05) is 13.2 Å². The van der Waals surface area contributed by atoms with Crippen molar-refractivity contribution in [1.82, 2.24) is 5.32 Å². The molecule has 1 heterocycles. The molecule has 0 aromatic heterocycles. The molecule has 1 aliphatic carbocycles. The highest BCUT2D eigenvalue weighted by Gasteiger charge is 2.34. The number of nitriles is 1. The van der Waals surface area contributed by atoms with E-state index < -0.39 is 0 Å². The van der Waals surface area contributed by atoms with Gasteiger partial charge in [0, 0.05) is 12.6 Å². The minimum absolute atomic E-state index is 0.224. The van der Waals surface area contributed by atoms with Gasteiger partial charge in [-0.1, -0.05) is 6.92 Å². The zero-order valence-corrected chi connectivity index (χ0v) is 8.70. The molecule has 2 fully saturated rings. The first-order chi connectivity index (χ1) is 6.81. The summed E-state index contributed by atoms with van der Waals surface area (Å²) >= 11 is 0. The maximum Gasteiger partial charge on any atom is 0.159 e. The van der Waals surface area contributed by atoms with Crippen LogP contribution in [0.25, 0.3) is 0 Å². The summed E-state index contributed by atoms with van der Waals surface area (Å²) in [4.78, 5) is 0. The number of hydrogen-bond acceptors (Lipinski definition) is 3. The van der Waals surface area contributed by atoms with E-state index in [9.17, 15) is 0 Å². The molecule has 3 heteroatoms. The Morgan fingerprint density at radius 3 is 3.00 bits per heavy atom. The molecule has 3 nitrogen and oxygen atoms in total. The van der Waals surface area contributed by atoms with Crippen LogP contribution in [0, 0.1) is 23.2 Å². The SMILES string of the molecule is CC1CC1CNC1CCCOC1C#N. The number of ether oxygens (including phenoxy) is 1. The van der Waals surface area contributed by atoms with Gasteiger partial charge in [-0.3, -0.25) is 0 Å². The van der Waals surface area contributed by atoms with Gasteiger partial charge in [0.25, 0.3) is 0 Å². The van der Waals surface area contributed by atoms with Crippen LogP contribution in [-0.2, 0) is 4.74 Å². The van der Waals surface area contributed by atoms with Gasteiger partial charge in [-0.05, 0) is 37.6 Å². The highest BCUT2D eigenvalue weighted by Crippen LogP contribution is 2.37. The van der Waals surface area contributed by atoms with Gasteiger partial charge in [0.2, 0.25) is 0 Å². The van der Waals surface area contributed by atoms with E-state index in [-0.39, 0.29) is 12.1 Å². The third kappa shape index (κ3) is 2.26. The zero-order valence-electron chi connectivity index (χ0n) is 8.70. The second-order valence-electron chi connectivity index (χ2n) is 4.55. The van der Waals surface area contributed by atoms with Crippen molar-refractivity contribution in [2.24, 2.45) is 11.8 Å². The quantitative estimate of drug-likeness (QED) is 0.736. The highest BCUT2D eigenvalue weighted by atomic mass is 16.5. The minimum Gasteiger partial charge on any atom is -0.362 e. The Morgan fingerprint density at radius 2 is 2.36 bits per heavy atom. The van der Waals surface area contributed by atoms with E-state index in [1.54, 1.807) is 0 Å². The Morgan fingerprint density at radius 1 is 1.57 bits per heavy atom. The van der Waals surface area contributed by atoms with Crippen LogP contribution in [0.2, 0.25) is 0 Å². The van der Waals surface area contributed by atoms with Crippen LogP contribution >= 0.6 is 0 Å². The molecule has 0 aromatic carbocycles. The lowest BCUT2D eigenvalue weighted by Gasteiger charge is -2.27. The van der Waals surface area contributed by atoms with Crippen LogP contribution in [0.5, 0.6) is 0 Å². The summed E-state index contributed by atoms with van der Waals surface area (Å²) in [7, 11) is 0. The van der Waals surface area contributed by atoms with Crippen molar-refractivity contribution in [1.29, 1.82) is 5.26 Å². The normalized spacial score (nSPS) is 41.7. The van der Waals surface area contributed by atoms with Gasteiger partial charge in [-0.2, -0.15) is 5.26 Å². The first-order valence-electron chi connectivity index (χ1n) is 5.56. The molecule has 1 aliphatic heterocycles. The second kappa shape index (κ2) is 4.29. The van der Waals surface area contributed by atoms with Crippen molar-refractivity contribution in [3.63, 3.8) is 0 Å². The Labute approximate surface area is 85.4 Å². The van der Waals surface area contributed by atoms with Crippen LogP contribution in [0.4, 0.5) is 0 Å². The molecule has 14 heavy (non-hydrogen) atoms. The lowest BCUT2D eigenvalue weighted by molar-refractivity contribution is 0.0249. The molecule has 0 spiro atoms. The molecular weight excluding hydrogens is 176 g/mol. The first kappa shape index (κ1) is 9.95. The number of hydrogen-bond donors (Lipinski definition) is 1. The average molecular weight is 194 g/mol. The summed E-state index contributed by atoms with van der Waals surface area (Å²) in [6, 6.07) is 2.49. The first-order valence-corrected chi connectivity index (χ1v) is 5.56. The highest BCUT2D eigenvalue weighted by molar-refractivity contribution is 4.97. The van der Waals surface area contributed by atoms with Crippen molar-refractivity contribution in [2.45, 2.75) is 38.3 Å². The largest absolute Gasteiger partial charge is 0.362 e. The molecule has 2 rings (SSSR count). The van der Waals surface area contributed by atoms with Crippen LogP contribution in [0.3, 0.4) is 0 Å². The van der Waals surface area contributed by atoms with E-state index in [0.29, 0.717) is 0 Å². The van der Waals surface area contributed by atoms with Gasteiger partial charge in [-0.25, -0.2) is 0 Å². The van der Waals surface area contributed by atoms with Crippen molar-refractivity contribution >= 4 is 0 Å². The van der Waals surface area contributed by atoms with E-state index >= 15 is 0 Å². The Balaban J connectivity index is 1.74. The fourth-order valence-electron chi connectivity index (χ4n) is 2.10. The van der Waals surface area contributed by atoms with Gasteiger partial charge in [-0.15, -0.1) is 0 Å². The maximum absolute atomic E-state index is 8.88. The van der Waals surface area contributed by atoms with E-state index in [1.807, 2.05) is 0 Å². The molecule has 0 aromatic rings. The summed E-state index contributed by atoms with van der Waals surface area (Å²) in [5.74, 6) is 1.73. The second-order valence-corrected chi connectivity index (χ2v) is 4.55. The monoisotopic (exact) mass is 194 g/mol. The summed E-state index contributed by atoms with van der Waals surface area (Å²) in [6.45, 7) is 4.09. The standard InChI is InChI=1S/C11H18N2O/c1-8-5-9(8)7-13-10-3-2-4-14-11(10)6-12/h8-11,13H,2-5,7H2,1H3. The average Bonchev–Trinajstić information content (AvgIpc) is 2.92. The van der Waals surface area contributed by atoms with Crippen molar-refractivity contribution < 1.29 is 4.74 Å². The molecular formula is C11H18N2O. The molecule has 0 radical (unpaired) electrons. The topological polar surface area (TPSA) is 45.0 Å². The Hall–Kier alpha value is -0.590. The lowest BCUT2D eigenvalue weighted by Crippen LogP contribution is -2.44. The molecule has 1 saturated carbocycles. The zero-order chi connectivity index (χ0) is 9.97. The van der Waals surface area contributed by atoms with Gasteiger partial charge >= 0.3 is 0 Å². The van der Waals surface area contributed by atoms with Crippen LogP contribution in [-0.4, -0.2) is 25.3 Å².